The molecule has 34 heavy (non-hydrogen) atoms. The molecule has 4 aromatic carbocycles. The van der Waals surface area contributed by atoms with Gasteiger partial charge in [-0.2, -0.15) is 0 Å². The van der Waals surface area contributed by atoms with Crippen LogP contribution in [0.5, 0.6) is 17.2 Å². The Labute approximate surface area is 201 Å². The molecule has 0 N–H and O–H groups in total. The van der Waals surface area contributed by atoms with E-state index >= 15 is 0 Å². The molecule has 0 radical (unpaired) electrons. The van der Waals surface area contributed by atoms with Crippen molar-refractivity contribution in [3.8, 4) is 17.2 Å². The molecule has 0 fully saturated rings. The van der Waals surface area contributed by atoms with Gasteiger partial charge in [-0.05, 0) is 48.0 Å². The lowest BCUT2D eigenvalue weighted by Gasteiger charge is -2.20. The van der Waals surface area contributed by atoms with Crippen molar-refractivity contribution in [1.82, 2.24) is 4.98 Å². The highest BCUT2D eigenvalue weighted by Gasteiger charge is 2.22. The summed E-state index contributed by atoms with van der Waals surface area (Å²) >= 11 is 1.48. The minimum Gasteiger partial charge on any atom is -0.497 e. The number of para-hydroxylation sites is 1. The van der Waals surface area contributed by atoms with Gasteiger partial charge in [-0.15, -0.1) is 0 Å². The summed E-state index contributed by atoms with van der Waals surface area (Å²) in [7, 11) is 1.63. The zero-order valence-electron chi connectivity index (χ0n) is 18.5. The average molecular weight is 467 g/mol. The minimum atomic E-state index is -0.145. The van der Waals surface area contributed by atoms with Crippen LogP contribution in [0.4, 0.5) is 5.13 Å². The first-order valence-corrected chi connectivity index (χ1v) is 11.6. The summed E-state index contributed by atoms with van der Waals surface area (Å²) in [6.45, 7) is 0.403. The molecule has 1 heterocycles. The van der Waals surface area contributed by atoms with Crippen LogP contribution in [0, 0.1) is 0 Å². The first kappa shape index (κ1) is 21.7. The van der Waals surface area contributed by atoms with Crippen LogP contribution in [-0.4, -0.2) is 18.0 Å². The maximum atomic E-state index is 13.8. The zero-order valence-corrected chi connectivity index (χ0v) is 19.4. The predicted molar refractivity (Wildman–Crippen MR) is 136 cm³/mol. The van der Waals surface area contributed by atoms with E-state index in [-0.39, 0.29) is 5.91 Å². The first-order valence-electron chi connectivity index (χ1n) is 10.8. The molecule has 0 aliphatic heterocycles. The summed E-state index contributed by atoms with van der Waals surface area (Å²) in [5.41, 5.74) is 2.34. The third-order valence-corrected chi connectivity index (χ3v) is 6.36. The minimum absolute atomic E-state index is 0.145. The van der Waals surface area contributed by atoms with Crippen molar-refractivity contribution in [2.45, 2.75) is 6.54 Å². The fourth-order valence-electron chi connectivity index (χ4n) is 3.60. The number of anilines is 1. The van der Waals surface area contributed by atoms with Crippen molar-refractivity contribution in [3.63, 3.8) is 0 Å². The number of carbonyl (C=O) groups is 1. The molecule has 5 aromatic rings. The van der Waals surface area contributed by atoms with Crippen LogP contribution in [0.15, 0.2) is 103 Å². The number of fused-ring (bicyclic) bond motifs is 1. The maximum absolute atomic E-state index is 13.8. The van der Waals surface area contributed by atoms with E-state index in [0.717, 1.165) is 21.5 Å². The molecule has 5 rings (SSSR count). The highest BCUT2D eigenvalue weighted by atomic mass is 32.1. The van der Waals surface area contributed by atoms with Crippen molar-refractivity contribution < 1.29 is 14.3 Å². The third-order valence-electron chi connectivity index (χ3n) is 5.30. The zero-order chi connectivity index (χ0) is 23.3. The van der Waals surface area contributed by atoms with Crippen molar-refractivity contribution in [1.29, 1.82) is 0 Å². The fraction of sp³-hybridized carbons (Fsp3) is 0.0714. The van der Waals surface area contributed by atoms with E-state index in [1.54, 1.807) is 24.1 Å². The Morgan fingerprint density at radius 3 is 2.32 bits per heavy atom. The molecule has 0 atom stereocenters. The number of ether oxygens (including phenoxy) is 2. The molecular formula is C28H22N2O3S. The lowest BCUT2D eigenvalue weighted by atomic mass is 10.1. The molecule has 0 aliphatic carbocycles. The molecule has 5 nitrogen and oxygen atoms in total. The van der Waals surface area contributed by atoms with E-state index in [2.05, 4.69) is 0 Å². The Bertz CT molecular complexity index is 1420. The average Bonchev–Trinajstić information content (AvgIpc) is 3.31. The van der Waals surface area contributed by atoms with Crippen LogP contribution in [0.25, 0.3) is 10.2 Å². The molecule has 6 heteroatoms. The van der Waals surface area contributed by atoms with Gasteiger partial charge in [0.2, 0.25) is 0 Å². The van der Waals surface area contributed by atoms with Gasteiger partial charge < -0.3 is 9.47 Å². The van der Waals surface area contributed by atoms with E-state index in [9.17, 15) is 4.79 Å². The second kappa shape index (κ2) is 9.77. The van der Waals surface area contributed by atoms with E-state index in [0.29, 0.717) is 28.7 Å². The van der Waals surface area contributed by atoms with Gasteiger partial charge >= 0.3 is 0 Å². The molecule has 0 aliphatic rings. The Morgan fingerprint density at radius 1 is 0.824 bits per heavy atom. The van der Waals surface area contributed by atoms with Crippen molar-refractivity contribution in [2.24, 2.45) is 0 Å². The number of benzene rings is 4. The Morgan fingerprint density at radius 2 is 1.56 bits per heavy atom. The van der Waals surface area contributed by atoms with Gasteiger partial charge in [-0.1, -0.05) is 65.9 Å². The Hall–Kier alpha value is -4.16. The summed E-state index contributed by atoms with van der Waals surface area (Å²) < 4.78 is 12.3. The van der Waals surface area contributed by atoms with Crippen LogP contribution in [-0.2, 0) is 6.54 Å². The molecule has 0 unspecified atom stereocenters. The van der Waals surface area contributed by atoms with Gasteiger partial charge in [0, 0.05) is 11.6 Å². The fourth-order valence-corrected chi connectivity index (χ4v) is 4.55. The lowest BCUT2D eigenvalue weighted by Crippen LogP contribution is -2.30. The van der Waals surface area contributed by atoms with E-state index in [4.69, 9.17) is 14.5 Å². The summed E-state index contributed by atoms with van der Waals surface area (Å²) in [6, 6.07) is 32.4. The summed E-state index contributed by atoms with van der Waals surface area (Å²) in [5, 5.41) is 0.631. The Kier molecular flexibility index (Phi) is 6.23. The molecule has 0 saturated heterocycles. The second-order valence-corrected chi connectivity index (χ2v) is 8.66. The van der Waals surface area contributed by atoms with Crippen molar-refractivity contribution in [3.05, 3.63) is 114 Å². The smallest absolute Gasteiger partial charge is 0.260 e. The van der Waals surface area contributed by atoms with Gasteiger partial charge in [0.05, 0.1) is 23.9 Å². The third kappa shape index (κ3) is 4.77. The van der Waals surface area contributed by atoms with Gasteiger partial charge in [0.25, 0.3) is 5.91 Å². The van der Waals surface area contributed by atoms with Crippen molar-refractivity contribution >= 4 is 32.6 Å². The van der Waals surface area contributed by atoms with Crippen LogP contribution < -0.4 is 14.4 Å². The largest absolute Gasteiger partial charge is 0.497 e. The summed E-state index contributed by atoms with van der Waals surface area (Å²) in [4.78, 5) is 20.2. The number of thiazole rings is 1. The molecular weight excluding hydrogens is 444 g/mol. The molecule has 0 saturated carbocycles. The highest BCUT2D eigenvalue weighted by Crippen LogP contribution is 2.33. The number of rotatable bonds is 7. The lowest BCUT2D eigenvalue weighted by molar-refractivity contribution is 0.0985. The van der Waals surface area contributed by atoms with Crippen LogP contribution in [0.1, 0.15) is 15.9 Å². The van der Waals surface area contributed by atoms with Crippen LogP contribution in [0.3, 0.4) is 0 Å². The van der Waals surface area contributed by atoms with Gasteiger partial charge in [-0.3, -0.25) is 9.69 Å². The predicted octanol–water partition coefficient (Wildman–Crippen LogP) is 6.94. The SMILES string of the molecule is COc1ccc2sc(N(Cc3ccccc3)C(=O)c3cccc(Oc4ccccc4)c3)nc2c1. The highest BCUT2D eigenvalue weighted by molar-refractivity contribution is 7.22. The van der Waals surface area contributed by atoms with E-state index in [1.807, 2.05) is 91.0 Å². The molecule has 0 bridgehead atoms. The number of carbonyl (C=O) groups excluding carboxylic acids is 1. The second-order valence-electron chi connectivity index (χ2n) is 7.65. The Balaban J connectivity index is 1.50. The summed E-state index contributed by atoms with van der Waals surface area (Å²) in [5.74, 6) is 1.91. The normalized spacial score (nSPS) is 10.7. The molecule has 168 valence electrons. The number of hydrogen-bond acceptors (Lipinski definition) is 5. The van der Waals surface area contributed by atoms with Gasteiger partial charge in [0.15, 0.2) is 5.13 Å². The summed E-state index contributed by atoms with van der Waals surface area (Å²) in [6.07, 6.45) is 0. The maximum Gasteiger partial charge on any atom is 0.260 e. The first-order chi connectivity index (χ1) is 16.7. The number of aromatic nitrogens is 1. The number of amides is 1. The molecule has 1 amide bonds. The van der Waals surface area contributed by atoms with Crippen LogP contribution in [0.2, 0.25) is 0 Å². The van der Waals surface area contributed by atoms with Gasteiger partial charge in [-0.25, -0.2) is 4.98 Å². The number of nitrogens with zero attached hydrogens (tertiary/aromatic N) is 2. The van der Waals surface area contributed by atoms with E-state index < -0.39 is 0 Å². The standard InChI is InChI=1S/C28H22N2O3S/c1-32-23-15-16-26-25(18-23)29-28(34-26)30(19-20-9-4-2-5-10-20)27(31)21-11-8-14-24(17-21)33-22-12-6-3-7-13-22/h2-18H,19H2,1H3. The molecule has 1 aromatic heterocycles. The van der Waals surface area contributed by atoms with Crippen LogP contribution >= 0.6 is 11.3 Å². The number of methoxy groups -OCH3 is 1. The van der Waals surface area contributed by atoms with Gasteiger partial charge in [0.1, 0.15) is 17.2 Å². The quantitative estimate of drug-likeness (QED) is 0.261. The number of hydrogen-bond donors (Lipinski definition) is 0. The topological polar surface area (TPSA) is 51.7 Å². The van der Waals surface area contributed by atoms with E-state index in [1.165, 1.54) is 11.3 Å². The van der Waals surface area contributed by atoms with Crippen molar-refractivity contribution in [2.75, 3.05) is 12.0 Å². The molecule has 0 spiro atoms. The monoisotopic (exact) mass is 466 g/mol.